The number of primary amides is 1. The lowest BCUT2D eigenvalue weighted by Crippen LogP contribution is -2.30. The first-order chi connectivity index (χ1) is 14.9. The van der Waals surface area contributed by atoms with Gasteiger partial charge in [-0.3, -0.25) is 4.79 Å². The average molecular weight is 430 g/mol. The van der Waals surface area contributed by atoms with Gasteiger partial charge in [0.1, 0.15) is 13.2 Å². The fourth-order valence-electron chi connectivity index (χ4n) is 3.05. The summed E-state index contributed by atoms with van der Waals surface area (Å²) in [6, 6.07) is 15.6. The molecule has 0 aromatic heterocycles. The van der Waals surface area contributed by atoms with Crippen molar-refractivity contribution in [1.29, 1.82) is 0 Å². The summed E-state index contributed by atoms with van der Waals surface area (Å²) in [6.07, 6.45) is 0.215. The molecule has 0 bridgehead atoms. The zero-order chi connectivity index (χ0) is 23.2. The number of ether oxygens (including phenoxy) is 1. The number of amides is 3. The van der Waals surface area contributed by atoms with Gasteiger partial charge in [0.25, 0.3) is 0 Å². The van der Waals surface area contributed by atoms with Crippen molar-refractivity contribution in [2.75, 3.05) is 19.7 Å². The van der Waals surface area contributed by atoms with Gasteiger partial charge in [-0.2, -0.15) is 0 Å². The number of urea groups is 1. The zero-order valence-corrected chi connectivity index (χ0v) is 18.2. The van der Waals surface area contributed by atoms with Crippen LogP contribution in [0, 0.1) is 0 Å². The summed E-state index contributed by atoms with van der Waals surface area (Å²) in [5.74, 6) is -1.13. The van der Waals surface area contributed by atoms with Crippen LogP contribution in [0.5, 0.6) is 0 Å². The third-order valence-corrected chi connectivity index (χ3v) is 4.28. The molecule has 8 heteroatoms. The number of rotatable bonds is 6. The van der Waals surface area contributed by atoms with Gasteiger partial charge >= 0.3 is 18.1 Å². The van der Waals surface area contributed by atoms with Gasteiger partial charge in [0.2, 0.25) is 0 Å². The van der Waals surface area contributed by atoms with E-state index in [1.165, 1.54) is 0 Å². The molecule has 0 atom stereocenters. The molecule has 1 aliphatic rings. The molecule has 2 aromatic rings. The first-order valence-electron chi connectivity index (χ1n) is 10.3. The highest BCUT2D eigenvalue weighted by atomic mass is 16.5. The van der Waals surface area contributed by atoms with Crippen LogP contribution in [0.25, 0.3) is 11.1 Å². The first-order valence-corrected chi connectivity index (χ1v) is 10.3. The largest absolute Gasteiger partial charge is 0.480 e. The summed E-state index contributed by atoms with van der Waals surface area (Å²) in [7, 11) is 0. The molecule has 1 aliphatic carbocycles. The Morgan fingerprint density at radius 1 is 0.968 bits per heavy atom. The molecule has 2 aromatic carbocycles. The smallest absolute Gasteiger partial charge is 0.407 e. The first kappa shape index (κ1) is 25.5. The zero-order valence-electron chi connectivity index (χ0n) is 18.2. The van der Waals surface area contributed by atoms with Gasteiger partial charge in [-0.05, 0) is 28.7 Å². The molecule has 0 aliphatic heterocycles. The quantitative estimate of drug-likeness (QED) is 0.556. The molecule has 0 saturated carbocycles. The van der Waals surface area contributed by atoms with E-state index >= 15 is 0 Å². The molecule has 0 saturated heterocycles. The maximum absolute atomic E-state index is 11.5. The maximum atomic E-state index is 11.5. The van der Waals surface area contributed by atoms with Crippen LogP contribution in [-0.2, 0) is 9.53 Å². The van der Waals surface area contributed by atoms with Crippen molar-refractivity contribution in [2.45, 2.75) is 33.1 Å². The van der Waals surface area contributed by atoms with E-state index in [1.54, 1.807) is 0 Å². The van der Waals surface area contributed by atoms with Crippen molar-refractivity contribution in [3.8, 4) is 11.1 Å². The number of carboxylic acid groups (broad SMARTS) is 1. The highest BCUT2D eigenvalue weighted by molar-refractivity contribution is 5.79. The summed E-state index contributed by atoms with van der Waals surface area (Å²) in [4.78, 5) is 31.8. The van der Waals surface area contributed by atoms with Gasteiger partial charge in [-0.15, -0.1) is 0 Å². The third kappa shape index (κ3) is 8.00. The predicted octanol–water partition coefficient (Wildman–Crippen LogP) is 3.70. The van der Waals surface area contributed by atoms with Crippen molar-refractivity contribution in [2.24, 2.45) is 5.73 Å². The molecule has 0 unspecified atom stereocenters. The van der Waals surface area contributed by atoms with E-state index in [-0.39, 0.29) is 12.5 Å². The van der Waals surface area contributed by atoms with E-state index < -0.39 is 24.6 Å². The number of benzene rings is 2. The lowest BCUT2D eigenvalue weighted by atomic mass is 9.98. The van der Waals surface area contributed by atoms with Gasteiger partial charge in [0, 0.05) is 12.5 Å². The van der Waals surface area contributed by atoms with Crippen molar-refractivity contribution >= 4 is 18.1 Å². The molecule has 0 fully saturated rings. The van der Waals surface area contributed by atoms with Crippen LogP contribution in [0.3, 0.4) is 0 Å². The summed E-state index contributed by atoms with van der Waals surface area (Å²) in [6.45, 7) is 6.38. The Morgan fingerprint density at radius 2 is 1.48 bits per heavy atom. The second-order valence-corrected chi connectivity index (χ2v) is 6.36. The van der Waals surface area contributed by atoms with E-state index in [0.29, 0.717) is 6.54 Å². The number of hydrogen-bond donors (Lipinski definition) is 4. The lowest BCUT2D eigenvalue weighted by Gasteiger charge is -2.14. The van der Waals surface area contributed by atoms with E-state index in [2.05, 4.69) is 22.8 Å². The van der Waals surface area contributed by atoms with Crippen LogP contribution in [0.4, 0.5) is 9.59 Å². The summed E-state index contributed by atoms with van der Waals surface area (Å²) in [5.41, 5.74) is 9.27. The minimum atomic E-state index is -1.10. The van der Waals surface area contributed by atoms with Gasteiger partial charge < -0.3 is 26.2 Å². The van der Waals surface area contributed by atoms with Crippen LogP contribution in [0.1, 0.15) is 44.2 Å². The Kier molecular flexibility index (Phi) is 11.2. The molecule has 3 amide bonds. The molecule has 31 heavy (non-hydrogen) atoms. The minimum Gasteiger partial charge on any atom is -0.480 e. The molecule has 0 heterocycles. The second-order valence-electron chi connectivity index (χ2n) is 6.36. The van der Waals surface area contributed by atoms with E-state index in [4.69, 9.17) is 15.6 Å². The Morgan fingerprint density at radius 3 is 1.90 bits per heavy atom. The van der Waals surface area contributed by atoms with E-state index in [0.717, 1.165) is 28.7 Å². The van der Waals surface area contributed by atoms with Crippen molar-refractivity contribution in [1.82, 2.24) is 10.6 Å². The SMILES string of the molecule is CC.CCCNC(N)=O.O=C(O)CNC(=O)OCC1c2ccccc2-c2ccccc21. The van der Waals surface area contributed by atoms with Crippen LogP contribution >= 0.6 is 0 Å². The minimum absolute atomic E-state index is 0.0250. The number of nitrogens with two attached hydrogens (primary N) is 1. The van der Waals surface area contributed by atoms with E-state index in [1.807, 2.05) is 57.2 Å². The Labute approximate surface area is 182 Å². The summed E-state index contributed by atoms with van der Waals surface area (Å²) >= 11 is 0. The Balaban J connectivity index is 0.000000457. The van der Waals surface area contributed by atoms with Crippen molar-refractivity contribution in [3.63, 3.8) is 0 Å². The Hall–Kier alpha value is -3.55. The van der Waals surface area contributed by atoms with Crippen molar-refractivity contribution < 1.29 is 24.2 Å². The molecule has 0 radical (unpaired) electrons. The summed E-state index contributed by atoms with van der Waals surface area (Å²) < 4.78 is 5.18. The molecule has 168 valence electrons. The molecular weight excluding hydrogens is 398 g/mol. The number of carbonyl (C=O) groups is 3. The molecule has 8 nitrogen and oxygen atoms in total. The lowest BCUT2D eigenvalue weighted by molar-refractivity contribution is -0.135. The van der Waals surface area contributed by atoms with Crippen LogP contribution < -0.4 is 16.4 Å². The van der Waals surface area contributed by atoms with Gasteiger partial charge in [-0.25, -0.2) is 9.59 Å². The fourth-order valence-corrected chi connectivity index (χ4v) is 3.05. The third-order valence-electron chi connectivity index (χ3n) is 4.28. The molecular formula is C23H31N3O5. The second kappa shape index (κ2) is 13.6. The fraction of sp³-hybridized carbons (Fsp3) is 0.348. The monoisotopic (exact) mass is 429 g/mol. The summed E-state index contributed by atoms with van der Waals surface area (Å²) in [5, 5.41) is 13.2. The standard InChI is InChI=1S/C17H15NO4.C4H10N2O.C2H6/c19-16(20)9-18-17(21)22-10-15-13-7-3-1-5-11(13)12-6-2-4-8-14(12)15;1-2-3-6-4(5)7;1-2/h1-8,15H,9-10H2,(H,18,21)(H,19,20);2-3H2,1H3,(H3,5,6,7);1-2H3. The number of carbonyl (C=O) groups excluding carboxylic acids is 2. The van der Waals surface area contributed by atoms with Gasteiger partial charge in [0.05, 0.1) is 0 Å². The van der Waals surface area contributed by atoms with Gasteiger partial charge in [0.15, 0.2) is 0 Å². The maximum Gasteiger partial charge on any atom is 0.407 e. The highest BCUT2D eigenvalue weighted by Crippen LogP contribution is 2.44. The Bertz CT molecular complexity index is 824. The number of nitrogens with one attached hydrogen (secondary N) is 2. The van der Waals surface area contributed by atoms with Gasteiger partial charge in [-0.1, -0.05) is 69.3 Å². The van der Waals surface area contributed by atoms with E-state index in [9.17, 15) is 14.4 Å². The number of hydrogen-bond acceptors (Lipinski definition) is 4. The van der Waals surface area contributed by atoms with Crippen molar-refractivity contribution in [3.05, 3.63) is 59.7 Å². The molecule has 5 N–H and O–H groups in total. The number of aliphatic carboxylic acids is 1. The number of fused-ring (bicyclic) bond motifs is 3. The number of alkyl carbamates (subject to hydrolysis) is 1. The average Bonchev–Trinajstić information content (AvgIpc) is 3.10. The topological polar surface area (TPSA) is 131 Å². The van der Waals surface area contributed by atoms with Crippen LogP contribution in [-0.4, -0.2) is 42.9 Å². The van der Waals surface area contributed by atoms with Crippen LogP contribution in [0.2, 0.25) is 0 Å². The van der Waals surface area contributed by atoms with Crippen LogP contribution in [0.15, 0.2) is 48.5 Å². The molecule has 0 spiro atoms. The predicted molar refractivity (Wildman–Crippen MR) is 120 cm³/mol. The molecule has 3 rings (SSSR count). The normalized spacial score (nSPS) is 10.8. The highest BCUT2D eigenvalue weighted by Gasteiger charge is 2.28. The number of carboxylic acids is 1.